The van der Waals surface area contributed by atoms with Crippen molar-refractivity contribution in [1.82, 2.24) is 4.72 Å². The number of sulfonamides is 1. The summed E-state index contributed by atoms with van der Waals surface area (Å²) in [7, 11) is -4.12. The Morgan fingerprint density at radius 1 is 1.53 bits per heavy atom. The molecule has 1 aromatic rings. The number of nitrogens with zero attached hydrogens (tertiary/aromatic N) is 1. The molecule has 6 nitrogen and oxygen atoms in total. The van der Waals surface area contributed by atoms with Crippen molar-refractivity contribution >= 4 is 15.7 Å². The molecule has 17 heavy (non-hydrogen) atoms. The molecular weight excluding hydrogens is 251 g/mol. The molecule has 0 unspecified atom stereocenters. The Hall–Kier alpha value is -1.98. The van der Waals surface area contributed by atoms with Crippen molar-refractivity contribution in [3.05, 3.63) is 34.1 Å². The lowest BCUT2D eigenvalue weighted by molar-refractivity contribution is -0.388. The highest BCUT2D eigenvalue weighted by Crippen LogP contribution is 2.24. The van der Waals surface area contributed by atoms with Gasteiger partial charge < -0.3 is 0 Å². The van der Waals surface area contributed by atoms with Crippen LogP contribution in [0.25, 0.3) is 0 Å². The molecule has 0 amide bonds. The summed E-state index contributed by atoms with van der Waals surface area (Å²) in [6.45, 7) is -0.309. The van der Waals surface area contributed by atoms with Gasteiger partial charge >= 0.3 is 0 Å². The third-order valence-electron chi connectivity index (χ3n) is 1.77. The van der Waals surface area contributed by atoms with Gasteiger partial charge in [0.05, 0.1) is 17.5 Å². The SMILES string of the molecule is C#CCNS(=O)(=O)c1ccc(F)cc1[N+](=O)[O-]. The van der Waals surface area contributed by atoms with E-state index in [0.29, 0.717) is 6.07 Å². The minimum atomic E-state index is -4.12. The van der Waals surface area contributed by atoms with Crippen molar-refractivity contribution in [2.75, 3.05) is 6.54 Å². The van der Waals surface area contributed by atoms with Gasteiger partial charge in [-0.2, -0.15) is 4.72 Å². The first kappa shape index (κ1) is 13.1. The third-order valence-corrected chi connectivity index (χ3v) is 3.22. The van der Waals surface area contributed by atoms with Crippen LogP contribution in [0.15, 0.2) is 23.1 Å². The van der Waals surface area contributed by atoms with Gasteiger partial charge in [0, 0.05) is 0 Å². The van der Waals surface area contributed by atoms with Crippen molar-refractivity contribution in [3.8, 4) is 12.3 Å². The fourth-order valence-corrected chi connectivity index (χ4v) is 2.16. The zero-order valence-electron chi connectivity index (χ0n) is 8.38. The van der Waals surface area contributed by atoms with Gasteiger partial charge in [-0.05, 0) is 12.1 Å². The minimum Gasteiger partial charge on any atom is -0.258 e. The first-order valence-electron chi connectivity index (χ1n) is 4.25. The molecular formula is C9H7FN2O4S. The molecule has 0 aliphatic rings. The summed E-state index contributed by atoms with van der Waals surface area (Å²) in [5.41, 5.74) is -0.838. The molecule has 0 radical (unpaired) electrons. The van der Waals surface area contributed by atoms with Crippen LogP contribution in [0.2, 0.25) is 0 Å². The summed E-state index contributed by atoms with van der Waals surface area (Å²) in [6.07, 6.45) is 4.86. The number of nitrogens with one attached hydrogen (secondary N) is 1. The topological polar surface area (TPSA) is 89.3 Å². The van der Waals surface area contributed by atoms with Gasteiger partial charge in [-0.1, -0.05) is 5.92 Å². The molecule has 0 saturated heterocycles. The molecule has 1 aromatic carbocycles. The van der Waals surface area contributed by atoms with Gasteiger partial charge in [-0.3, -0.25) is 10.1 Å². The van der Waals surface area contributed by atoms with E-state index in [1.807, 2.05) is 10.6 Å². The van der Waals surface area contributed by atoms with Crippen LogP contribution in [0.4, 0.5) is 10.1 Å². The number of terminal acetylenes is 1. The van der Waals surface area contributed by atoms with E-state index in [2.05, 4.69) is 0 Å². The van der Waals surface area contributed by atoms with Crippen LogP contribution in [-0.2, 0) is 10.0 Å². The highest BCUT2D eigenvalue weighted by molar-refractivity contribution is 7.89. The molecule has 0 aliphatic heterocycles. The van der Waals surface area contributed by atoms with E-state index < -0.39 is 31.3 Å². The van der Waals surface area contributed by atoms with Gasteiger partial charge in [0.25, 0.3) is 5.69 Å². The smallest absolute Gasteiger partial charge is 0.258 e. The van der Waals surface area contributed by atoms with Gasteiger partial charge in [0.2, 0.25) is 10.0 Å². The van der Waals surface area contributed by atoms with Crippen LogP contribution < -0.4 is 4.72 Å². The van der Waals surface area contributed by atoms with Gasteiger partial charge in [0.1, 0.15) is 5.82 Å². The van der Waals surface area contributed by atoms with Crippen molar-refractivity contribution in [3.63, 3.8) is 0 Å². The lowest BCUT2D eigenvalue weighted by Crippen LogP contribution is -2.24. The Bertz CT molecular complexity index is 592. The van der Waals surface area contributed by atoms with Crippen molar-refractivity contribution in [2.45, 2.75) is 4.90 Å². The highest BCUT2D eigenvalue weighted by atomic mass is 32.2. The molecule has 0 saturated carbocycles. The Kier molecular flexibility index (Phi) is 3.77. The first-order chi connectivity index (χ1) is 7.88. The Labute approximate surface area is 96.7 Å². The molecule has 0 fully saturated rings. The molecule has 0 heterocycles. The zero-order chi connectivity index (χ0) is 13.1. The summed E-state index contributed by atoms with van der Waals surface area (Å²) in [4.78, 5) is 9.00. The summed E-state index contributed by atoms with van der Waals surface area (Å²) in [5.74, 6) is 1.12. The van der Waals surface area contributed by atoms with E-state index >= 15 is 0 Å². The summed E-state index contributed by atoms with van der Waals surface area (Å²) in [6, 6.07) is 2.16. The van der Waals surface area contributed by atoms with E-state index in [4.69, 9.17) is 6.42 Å². The zero-order valence-corrected chi connectivity index (χ0v) is 9.20. The fourth-order valence-electron chi connectivity index (χ4n) is 1.07. The monoisotopic (exact) mass is 258 g/mol. The molecule has 0 spiro atoms. The molecule has 8 heteroatoms. The Morgan fingerprint density at radius 2 is 2.18 bits per heavy atom. The summed E-state index contributed by atoms with van der Waals surface area (Å²) < 4.78 is 37.9. The number of rotatable bonds is 4. The number of hydrogen-bond donors (Lipinski definition) is 1. The van der Waals surface area contributed by atoms with E-state index in [9.17, 15) is 22.9 Å². The third kappa shape index (κ3) is 2.99. The average molecular weight is 258 g/mol. The van der Waals surface area contributed by atoms with Crippen LogP contribution >= 0.6 is 0 Å². The van der Waals surface area contributed by atoms with Crippen LogP contribution in [0.1, 0.15) is 0 Å². The van der Waals surface area contributed by atoms with Crippen molar-refractivity contribution in [1.29, 1.82) is 0 Å². The van der Waals surface area contributed by atoms with Crippen LogP contribution in [0.3, 0.4) is 0 Å². The highest BCUT2D eigenvalue weighted by Gasteiger charge is 2.25. The normalized spacial score (nSPS) is 10.8. The lowest BCUT2D eigenvalue weighted by atomic mass is 10.3. The second-order valence-electron chi connectivity index (χ2n) is 2.90. The van der Waals surface area contributed by atoms with E-state index in [1.165, 1.54) is 0 Å². The molecule has 1 N–H and O–H groups in total. The van der Waals surface area contributed by atoms with E-state index in [1.54, 1.807) is 0 Å². The van der Waals surface area contributed by atoms with Crippen LogP contribution in [0, 0.1) is 28.3 Å². The van der Waals surface area contributed by atoms with Crippen LogP contribution in [0.5, 0.6) is 0 Å². The molecule has 0 atom stereocenters. The van der Waals surface area contributed by atoms with E-state index in [-0.39, 0.29) is 6.54 Å². The molecule has 0 aromatic heterocycles. The molecule has 90 valence electrons. The van der Waals surface area contributed by atoms with Crippen molar-refractivity contribution < 1.29 is 17.7 Å². The summed E-state index contributed by atoms with van der Waals surface area (Å²) >= 11 is 0. The number of nitro groups is 1. The average Bonchev–Trinajstić information content (AvgIpc) is 2.26. The second kappa shape index (κ2) is 4.90. The number of hydrogen-bond acceptors (Lipinski definition) is 4. The van der Waals surface area contributed by atoms with Gasteiger partial charge in [-0.25, -0.2) is 12.8 Å². The van der Waals surface area contributed by atoms with Gasteiger partial charge in [-0.15, -0.1) is 6.42 Å². The largest absolute Gasteiger partial charge is 0.292 e. The number of halogens is 1. The number of nitro benzene ring substituents is 1. The van der Waals surface area contributed by atoms with E-state index in [0.717, 1.165) is 12.1 Å². The maximum Gasteiger partial charge on any atom is 0.292 e. The number of benzene rings is 1. The maximum atomic E-state index is 12.8. The first-order valence-corrected chi connectivity index (χ1v) is 5.74. The summed E-state index contributed by atoms with van der Waals surface area (Å²) in [5, 5.41) is 10.6. The quantitative estimate of drug-likeness (QED) is 0.487. The maximum absolute atomic E-state index is 12.8. The van der Waals surface area contributed by atoms with Gasteiger partial charge in [0.15, 0.2) is 4.90 Å². The molecule has 0 bridgehead atoms. The Balaban J connectivity index is 3.32. The molecule has 0 aliphatic carbocycles. The Morgan fingerprint density at radius 3 is 2.71 bits per heavy atom. The fraction of sp³-hybridized carbons (Fsp3) is 0.111. The second-order valence-corrected chi connectivity index (χ2v) is 4.63. The minimum absolute atomic E-state index is 0.309. The van der Waals surface area contributed by atoms with Crippen LogP contribution in [-0.4, -0.2) is 19.9 Å². The molecule has 1 rings (SSSR count). The lowest BCUT2D eigenvalue weighted by Gasteiger charge is -2.04. The standard InChI is InChI=1S/C9H7FN2O4S/c1-2-5-11-17(15,16)9-4-3-7(10)6-8(9)12(13)14/h1,3-4,6,11H,5H2. The predicted molar refractivity (Wildman–Crippen MR) is 57.1 cm³/mol. The predicted octanol–water partition coefficient (Wildman–Crippen LogP) is 0.645. The van der Waals surface area contributed by atoms with Crippen molar-refractivity contribution in [2.24, 2.45) is 0 Å².